The summed E-state index contributed by atoms with van der Waals surface area (Å²) in [5.74, 6) is 0.00993. The Hall–Kier alpha value is -2.76. The molecule has 1 aromatic carbocycles. The Balaban J connectivity index is 2.78. The van der Waals surface area contributed by atoms with Crippen LogP contribution in [0.4, 0.5) is 9.59 Å². The maximum Gasteiger partial charge on any atom is 0.518 e. The lowest BCUT2D eigenvalue weighted by Crippen LogP contribution is -2.11. The average Bonchev–Trinajstić information content (AvgIpc) is 2.32. The summed E-state index contributed by atoms with van der Waals surface area (Å²) in [4.78, 5) is 22.1. The van der Waals surface area contributed by atoms with Crippen molar-refractivity contribution in [3.63, 3.8) is 0 Å². The molecule has 0 saturated heterocycles. The Morgan fingerprint density at radius 3 is 1.61 bits per heavy atom. The molecule has 0 heterocycles. The number of rotatable bonds is 4. The Kier molecular flexibility index (Phi) is 4.98. The van der Waals surface area contributed by atoms with E-state index in [-0.39, 0.29) is 11.5 Å². The number of carbonyl (C=O) groups excluding carboxylic acids is 2. The van der Waals surface area contributed by atoms with Gasteiger partial charge in [0.25, 0.3) is 0 Å². The first-order valence-electron chi connectivity index (χ1n) is 4.75. The van der Waals surface area contributed by atoms with Crippen LogP contribution in [0.25, 0.3) is 0 Å². The van der Waals surface area contributed by atoms with E-state index in [0.717, 1.165) is 12.5 Å². The van der Waals surface area contributed by atoms with Crippen molar-refractivity contribution in [2.75, 3.05) is 0 Å². The molecule has 1 aromatic rings. The standard InChI is InChI=1S/C12H10O6/c1-3-15-11(13)17-9-7-5-6-8-10(9)18-12(14)16-4-2/h3-8H,1-2H2. The van der Waals surface area contributed by atoms with Gasteiger partial charge in [0.15, 0.2) is 11.5 Å². The summed E-state index contributed by atoms with van der Waals surface area (Å²) in [6, 6.07) is 6.01. The quantitative estimate of drug-likeness (QED) is 0.464. The molecule has 0 saturated carbocycles. The second-order valence-electron chi connectivity index (χ2n) is 2.72. The van der Waals surface area contributed by atoms with Crippen LogP contribution in [0.1, 0.15) is 0 Å². The van der Waals surface area contributed by atoms with Gasteiger partial charge in [-0.15, -0.1) is 0 Å². The molecule has 0 spiro atoms. The van der Waals surface area contributed by atoms with Gasteiger partial charge in [-0.1, -0.05) is 25.3 Å². The van der Waals surface area contributed by atoms with E-state index in [9.17, 15) is 9.59 Å². The van der Waals surface area contributed by atoms with E-state index >= 15 is 0 Å². The molecule has 6 heteroatoms. The number of carbonyl (C=O) groups is 2. The molecule has 0 bridgehead atoms. The number of hydrogen-bond donors (Lipinski definition) is 0. The number of benzene rings is 1. The summed E-state index contributed by atoms with van der Waals surface area (Å²) < 4.78 is 18.3. The molecule has 0 unspecified atom stereocenters. The maximum absolute atomic E-state index is 11.1. The van der Waals surface area contributed by atoms with Gasteiger partial charge in [0, 0.05) is 0 Å². The first-order valence-corrected chi connectivity index (χ1v) is 4.75. The first kappa shape index (κ1) is 13.3. The topological polar surface area (TPSA) is 71.1 Å². The second-order valence-corrected chi connectivity index (χ2v) is 2.72. The Bertz CT molecular complexity index is 422. The van der Waals surface area contributed by atoms with Crippen molar-refractivity contribution >= 4 is 12.3 Å². The minimum atomic E-state index is -1.00. The average molecular weight is 250 g/mol. The van der Waals surface area contributed by atoms with Crippen LogP contribution in [0, 0.1) is 0 Å². The van der Waals surface area contributed by atoms with E-state index in [1.165, 1.54) is 12.1 Å². The van der Waals surface area contributed by atoms with Crippen molar-refractivity contribution in [3.8, 4) is 11.5 Å². The number of para-hydroxylation sites is 2. The van der Waals surface area contributed by atoms with Crippen molar-refractivity contribution in [1.82, 2.24) is 0 Å². The third-order valence-corrected chi connectivity index (χ3v) is 1.59. The molecule has 0 amide bonds. The minimum absolute atomic E-state index is 0.00497. The van der Waals surface area contributed by atoms with E-state index in [4.69, 9.17) is 9.47 Å². The van der Waals surface area contributed by atoms with E-state index in [1.54, 1.807) is 12.1 Å². The summed E-state index contributed by atoms with van der Waals surface area (Å²) in [6.45, 7) is 6.40. The molecule has 0 radical (unpaired) electrons. The normalized spacial score (nSPS) is 8.89. The summed E-state index contributed by atoms with van der Waals surface area (Å²) in [5, 5.41) is 0. The van der Waals surface area contributed by atoms with E-state index in [1.807, 2.05) is 0 Å². The smallest absolute Gasteiger partial charge is 0.403 e. The molecule has 94 valence electrons. The zero-order valence-corrected chi connectivity index (χ0v) is 9.33. The molecule has 18 heavy (non-hydrogen) atoms. The van der Waals surface area contributed by atoms with Crippen LogP contribution in [0.3, 0.4) is 0 Å². The highest BCUT2D eigenvalue weighted by Gasteiger charge is 2.13. The van der Waals surface area contributed by atoms with Crippen LogP contribution >= 0.6 is 0 Å². The molecular formula is C12H10O6. The summed E-state index contributed by atoms with van der Waals surface area (Å²) >= 11 is 0. The van der Waals surface area contributed by atoms with Crippen molar-refractivity contribution in [2.45, 2.75) is 0 Å². The van der Waals surface area contributed by atoms with Gasteiger partial charge in [-0.05, 0) is 12.1 Å². The summed E-state index contributed by atoms with van der Waals surface area (Å²) in [7, 11) is 0. The lowest BCUT2D eigenvalue weighted by Gasteiger charge is -2.08. The summed E-state index contributed by atoms with van der Waals surface area (Å²) in [6.07, 6.45) is -0.175. The molecule has 0 aliphatic heterocycles. The Morgan fingerprint density at radius 2 is 1.28 bits per heavy atom. The van der Waals surface area contributed by atoms with Crippen molar-refractivity contribution in [2.24, 2.45) is 0 Å². The molecule has 6 nitrogen and oxygen atoms in total. The summed E-state index contributed by atoms with van der Waals surface area (Å²) in [5.41, 5.74) is 0. The highest BCUT2D eigenvalue weighted by molar-refractivity contribution is 5.69. The Morgan fingerprint density at radius 1 is 0.889 bits per heavy atom. The SMILES string of the molecule is C=COC(=O)Oc1ccccc1OC(=O)OC=C. The molecule has 0 aliphatic rings. The lowest BCUT2D eigenvalue weighted by molar-refractivity contribution is 0.125. The monoisotopic (exact) mass is 250 g/mol. The van der Waals surface area contributed by atoms with Crippen molar-refractivity contribution < 1.29 is 28.5 Å². The number of hydrogen-bond acceptors (Lipinski definition) is 6. The van der Waals surface area contributed by atoms with E-state index in [0.29, 0.717) is 0 Å². The van der Waals surface area contributed by atoms with Crippen LogP contribution < -0.4 is 9.47 Å². The third-order valence-electron chi connectivity index (χ3n) is 1.59. The van der Waals surface area contributed by atoms with Gasteiger partial charge in [0.05, 0.1) is 12.5 Å². The lowest BCUT2D eigenvalue weighted by atomic mass is 10.3. The van der Waals surface area contributed by atoms with E-state index < -0.39 is 12.3 Å². The molecule has 0 aromatic heterocycles. The Labute approximate surface area is 103 Å². The van der Waals surface area contributed by atoms with Gasteiger partial charge in [-0.2, -0.15) is 0 Å². The molecular weight excluding hydrogens is 240 g/mol. The molecule has 0 N–H and O–H groups in total. The predicted molar refractivity (Wildman–Crippen MR) is 61.1 cm³/mol. The predicted octanol–water partition coefficient (Wildman–Crippen LogP) is 3.00. The van der Waals surface area contributed by atoms with Crippen molar-refractivity contribution in [1.29, 1.82) is 0 Å². The van der Waals surface area contributed by atoms with Crippen LogP contribution in [0.2, 0.25) is 0 Å². The largest absolute Gasteiger partial charge is 0.518 e. The highest BCUT2D eigenvalue weighted by Crippen LogP contribution is 2.27. The van der Waals surface area contributed by atoms with Crippen LogP contribution in [0.5, 0.6) is 11.5 Å². The van der Waals surface area contributed by atoms with Gasteiger partial charge in [-0.3, -0.25) is 0 Å². The van der Waals surface area contributed by atoms with Crippen LogP contribution in [-0.4, -0.2) is 12.3 Å². The van der Waals surface area contributed by atoms with Gasteiger partial charge in [0.1, 0.15) is 0 Å². The highest BCUT2D eigenvalue weighted by atomic mass is 16.7. The second kappa shape index (κ2) is 6.74. The van der Waals surface area contributed by atoms with Gasteiger partial charge < -0.3 is 18.9 Å². The van der Waals surface area contributed by atoms with E-state index in [2.05, 4.69) is 22.6 Å². The van der Waals surface area contributed by atoms with Crippen molar-refractivity contribution in [3.05, 3.63) is 49.9 Å². The third kappa shape index (κ3) is 4.01. The van der Waals surface area contributed by atoms with Gasteiger partial charge >= 0.3 is 12.3 Å². The molecule has 0 aliphatic carbocycles. The first-order chi connectivity index (χ1) is 8.67. The van der Waals surface area contributed by atoms with Gasteiger partial charge in [0.2, 0.25) is 0 Å². The fourth-order valence-corrected chi connectivity index (χ4v) is 0.983. The minimum Gasteiger partial charge on any atom is -0.403 e. The zero-order valence-electron chi connectivity index (χ0n) is 9.33. The number of ether oxygens (including phenoxy) is 4. The molecule has 1 rings (SSSR count). The molecule has 0 atom stereocenters. The van der Waals surface area contributed by atoms with Crippen LogP contribution in [0.15, 0.2) is 49.9 Å². The fourth-order valence-electron chi connectivity index (χ4n) is 0.983. The molecule has 0 fully saturated rings. The van der Waals surface area contributed by atoms with Gasteiger partial charge in [-0.25, -0.2) is 9.59 Å². The fraction of sp³-hybridized carbons (Fsp3) is 0. The zero-order chi connectivity index (χ0) is 13.4. The van der Waals surface area contributed by atoms with Crippen LogP contribution in [-0.2, 0) is 9.47 Å². The maximum atomic E-state index is 11.1.